The molecule has 0 saturated heterocycles. The Balaban J connectivity index is 1.84. The molecule has 0 unspecified atom stereocenters. The molecule has 4 heteroatoms. The summed E-state index contributed by atoms with van der Waals surface area (Å²) in [5.41, 5.74) is 2.04. The standard InChI is InChI=1S/C20H26N4/c1-2-14-21-19-15-18(16-10-6-5-7-11-16)23-20(24-19)22-17-12-8-3-4-9-13-17/h2,5-7,10-11,15,17H,1,3-4,8-9,12-14H2,(H2,21,22,23,24). The molecule has 0 bridgehead atoms. The monoisotopic (exact) mass is 322 g/mol. The molecule has 4 nitrogen and oxygen atoms in total. The SMILES string of the molecule is C=CCNc1cc(-c2ccccc2)nc(NC2CCCCCC2)n1. The molecule has 3 rings (SSSR count). The number of aromatic nitrogens is 2. The maximum absolute atomic E-state index is 4.75. The van der Waals surface area contributed by atoms with Crippen LogP contribution in [0.15, 0.2) is 49.1 Å². The fraction of sp³-hybridized carbons (Fsp3) is 0.400. The van der Waals surface area contributed by atoms with Crippen molar-refractivity contribution in [2.45, 2.75) is 44.6 Å². The summed E-state index contributed by atoms with van der Waals surface area (Å²) in [4.78, 5) is 9.39. The summed E-state index contributed by atoms with van der Waals surface area (Å²) in [5.74, 6) is 1.55. The minimum absolute atomic E-state index is 0.478. The van der Waals surface area contributed by atoms with Gasteiger partial charge in [-0.25, -0.2) is 4.98 Å². The van der Waals surface area contributed by atoms with Crippen molar-refractivity contribution in [2.75, 3.05) is 17.2 Å². The number of hydrogen-bond acceptors (Lipinski definition) is 4. The number of nitrogens with zero attached hydrogens (tertiary/aromatic N) is 2. The van der Waals surface area contributed by atoms with Crippen LogP contribution < -0.4 is 10.6 Å². The second-order valence-corrected chi connectivity index (χ2v) is 6.33. The Bertz CT molecular complexity index is 646. The van der Waals surface area contributed by atoms with E-state index in [0.29, 0.717) is 12.6 Å². The molecule has 0 spiro atoms. The van der Waals surface area contributed by atoms with Crippen molar-refractivity contribution in [3.8, 4) is 11.3 Å². The summed E-state index contributed by atoms with van der Waals surface area (Å²) in [6.45, 7) is 4.45. The molecule has 0 atom stereocenters. The summed E-state index contributed by atoms with van der Waals surface area (Å²) in [6.07, 6.45) is 9.51. The van der Waals surface area contributed by atoms with Gasteiger partial charge in [-0.05, 0) is 12.8 Å². The Morgan fingerprint density at radius 1 is 1.04 bits per heavy atom. The van der Waals surface area contributed by atoms with Crippen molar-refractivity contribution < 1.29 is 0 Å². The van der Waals surface area contributed by atoms with E-state index in [1.807, 2.05) is 30.3 Å². The largest absolute Gasteiger partial charge is 0.366 e. The van der Waals surface area contributed by atoms with Gasteiger partial charge in [0.25, 0.3) is 0 Å². The molecule has 1 aliphatic carbocycles. The molecule has 2 N–H and O–H groups in total. The average molecular weight is 322 g/mol. The molecule has 24 heavy (non-hydrogen) atoms. The molecule has 1 aliphatic rings. The lowest BCUT2D eigenvalue weighted by Crippen LogP contribution is -2.20. The molecule has 1 saturated carbocycles. The Labute approximate surface area is 144 Å². The molecule has 1 heterocycles. The maximum Gasteiger partial charge on any atom is 0.225 e. The van der Waals surface area contributed by atoms with Gasteiger partial charge in [-0.1, -0.05) is 62.1 Å². The number of nitrogens with one attached hydrogen (secondary N) is 2. The number of anilines is 2. The molecular weight excluding hydrogens is 296 g/mol. The number of benzene rings is 1. The highest BCUT2D eigenvalue weighted by Crippen LogP contribution is 2.24. The van der Waals surface area contributed by atoms with E-state index in [4.69, 9.17) is 4.98 Å². The van der Waals surface area contributed by atoms with Crippen LogP contribution in [0.4, 0.5) is 11.8 Å². The van der Waals surface area contributed by atoms with Crippen LogP contribution in [-0.4, -0.2) is 22.6 Å². The van der Waals surface area contributed by atoms with Crippen molar-refractivity contribution in [3.05, 3.63) is 49.1 Å². The van der Waals surface area contributed by atoms with Crippen molar-refractivity contribution in [1.82, 2.24) is 9.97 Å². The van der Waals surface area contributed by atoms with E-state index in [2.05, 4.69) is 34.3 Å². The van der Waals surface area contributed by atoms with Gasteiger partial charge in [-0.3, -0.25) is 0 Å². The second-order valence-electron chi connectivity index (χ2n) is 6.33. The first-order valence-electron chi connectivity index (χ1n) is 8.91. The molecular formula is C20H26N4. The summed E-state index contributed by atoms with van der Waals surface area (Å²) in [7, 11) is 0. The molecule has 1 fully saturated rings. The van der Waals surface area contributed by atoms with Gasteiger partial charge >= 0.3 is 0 Å². The fourth-order valence-electron chi connectivity index (χ4n) is 3.14. The number of hydrogen-bond donors (Lipinski definition) is 2. The minimum Gasteiger partial charge on any atom is -0.366 e. The first-order valence-corrected chi connectivity index (χ1v) is 8.91. The second kappa shape index (κ2) is 8.48. The van der Waals surface area contributed by atoms with E-state index in [1.165, 1.54) is 38.5 Å². The van der Waals surface area contributed by atoms with Crippen LogP contribution in [-0.2, 0) is 0 Å². The number of rotatable bonds is 6. The lowest BCUT2D eigenvalue weighted by atomic mass is 10.1. The van der Waals surface area contributed by atoms with Crippen LogP contribution in [0.5, 0.6) is 0 Å². The molecule has 126 valence electrons. The normalized spacial score (nSPS) is 15.5. The van der Waals surface area contributed by atoms with Gasteiger partial charge in [-0.15, -0.1) is 6.58 Å². The van der Waals surface area contributed by atoms with E-state index < -0.39 is 0 Å². The van der Waals surface area contributed by atoms with Crippen LogP contribution >= 0.6 is 0 Å². The predicted molar refractivity (Wildman–Crippen MR) is 101 cm³/mol. The van der Waals surface area contributed by atoms with Crippen molar-refractivity contribution in [1.29, 1.82) is 0 Å². The smallest absolute Gasteiger partial charge is 0.225 e. The van der Waals surface area contributed by atoms with Crippen LogP contribution in [0.25, 0.3) is 11.3 Å². The third-order valence-electron chi connectivity index (χ3n) is 4.41. The first-order chi connectivity index (χ1) is 11.8. The zero-order valence-corrected chi connectivity index (χ0v) is 14.2. The third kappa shape index (κ3) is 4.57. The van der Waals surface area contributed by atoms with Gasteiger partial charge in [0.1, 0.15) is 5.82 Å². The van der Waals surface area contributed by atoms with Crippen molar-refractivity contribution in [2.24, 2.45) is 0 Å². The highest BCUT2D eigenvalue weighted by molar-refractivity contribution is 5.64. The predicted octanol–water partition coefficient (Wildman–Crippen LogP) is 4.88. The average Bonchev–Trinajstić information content (AvgIpc) is 2.89. The molecule has 2 aromatic rings. The molecule has 1 aromatic heterocycles. The van der Waals surface area contributed by atoms with Crippen LogP contribution in [0.1, 0.15) is 38.5 Å². The van der Waals surface area contributed by atoms with Crippen LogP contribution in [0.2, 0.25) is 0 Å². The van der Waals surface area contributed by atoms with Crippen molar-refractivity contribution in [3.63, 3.8) is 0 Å². The zero-order valence-electron chi connectivity index (χ0n) is 14.2. The minimum atomic E-state index is 0.478. The quantitative estimate of drug-likeness (QED) is 0.588. The van der Waals surface area contributed by atoms with Gasteiger partial charge in [0, 0.05) is 24.2 Å². The van der Waals surface area contributed by atoms with E-state index in [9.17, 15) is 0 Å². The topological polar surface area (TPSA) is 49.8 Å². The summed E-state index contributed by atoms with van der Waals surface area (Å²) in [6, 6.07) is 12.7. The lowest BCUT2D eigenvalue weighted by molar-refractivity contribution is 0.615. The summed E-state index contributed by atoms with van der Waals surface area (Å²) >= 11 is 0. The van der Waals surface area contributed by atoms with E-state index in [1.54, 1.807) is 0 Å². The first kappa shape index (κ1) is 16.5. The highest BCUT2D eigenvalue weighted by atomic mass is 15.2. The zero-order chi connectivity index (χ0) is 16.6. The van der Waals surface area contributed by atoms with Crippen molar-refractivity contribution >= 4 is 11.8 Å². The highest BCUT2D eigenvalue weighted by Gasteiger charge is 2.14. The molecule has 0 aliphatic heterocycles. The lowest BCUT2D eigenvalue weighted by Gasteiger charge is -2.17. The third-order valence-corrected chi connectivity index (χ3v) is 4.41. The fourth-order valence-corrected chi connectivity index (χ4v) is 3.14. The Hall–Kier alpha value is -2.36. The summed E-state index contributed by atoms with van der Waals surface area (Å²) in [5, 5.41) is 6.85. The van der Waals surface area contributed by atoms with Crippen LogP contribution in [0.3, 0.4) is 0 Å². The molecule has 0 amide bonds. The molecule has 0 radical (unpaired) electrons. The van der Waals surface area contributed by atoms with E-state index in [-0.39, 0.29) is 0 Å². The Morgan fingerprint density at radius 2 is 1.79 bits per heavy atom. The maximum atomic E-state index is 4.75. The van der Waals surface area contributed by atoms with Gasteiger partial charge in [-0.2, -0.15) is 4.98 Å². The Kier molecular flexibility index (Phi) is 5.83. The van der Waals surface area contributed by atoms with Gasteiger partial charge in [0.2, 0.25) is 5.95 Å². The van der Waals surface area contributed by atoms with Gasteiger partial charge in [0.05, 0.1) is 5.69 Å². The summed E-state index contributed by atoms with van der Waals surface area (Å²) < 4.78 is 0. The van der Waals surface area contributed by atoms with E-state index in [0.717, 1.165) is 23.0 Å². The molecule has 1 aromatic carbocycles. The van der Waals surface area contributed by atoms with Gasteiger partial charge < -0.3 is 10.6 Å². The van der Waals surface area contributed by atoms with Crippen LogP contribution in [0, 0.1) is 0 Å². The van der Waals surface area contributed by atoms with E-state index >= 15 is 0 Å². The van der Waals surface area contributed by atoms with Gasteiger partial charge in [0.15, 0.2) is 0 Å². The Morgan fingerprint density at radius 3 is 2.50 bits per heavy atom.